The molecule has 1 amide bonds. The van der Waals surface area contributed by atoms with Crippen molar-refractivity contribution in [2.75, 3.05) is 13.1 Å². The molecule has 3 rings (SSSR count). The fourth-order valence-electron chi connectivity index (χ4n) is 2.86. The third-order valence-corrected chi connectivity index (χ3v) is 4.30. The van der Waals surface area contributed by atoms with Gasteiger partial charge in [-0.2, -0.15) is 0 Å². The second kappa shape index (κ2) is 8.11. The number of carbonyl (C=O) groups is 1. The van der Waals surface area contributed by atoms with E-state index in [1.807, 2.05) is 29.2 Å². The summed E-state index contributed by atoms with van der Waals surface area (Å²) < 4.78 is 5.78. The van der Waals surface area contributed by atoms with Gasteiger partial charge in [-0.15, -0.1) is 0 Å². The van der Waals surface area contributed by atoms with Crippen molar-refractivity contribution >= 4 is 17.5 Å². The molecule has 24 heavy (non-hydrogen) atoms. The summed E-state index contributed by atoms with van der Waals surface area (Å²) in [5, 5.41) is 0.703. The minimum absolute atomic E-state index is 0.0451. The smallest absolute Gasteiger partial charge is 0.316 e. The van der Waals surface area contributed by atoms with Gasteiger partial charge in [0.25, 0.3) is 0 Å². The largest absolute Gasteiger partial charge is 0.458 e. The maximum Gasteiger partial charge on any atom is 0.316 e. The molecule has 0 aliphatic carbocycles. The molecule has 2 aromatic rings. The summed E-state index contributed by atoms with van der Waals surface area (Å²) in [4.78, 5) is 22.5. The third kappa shape index (κ3) is 4.68. The Morgan fingerprint density at radius 1 is 1.29 bits per heavy atom. The molecule has 0 unspecified atom stereocenters. The van der Waals surface area contributed by atoms with Crippen molar-refractivity contribution in [3.8, 4) is 6.01 Å². The number of aryl methyl sites for hydroxylation is 1. The van der Waals surface area contributed by atoms with Gasteiger partial charge >= 0.3 is 6.01 Å². The zero-order chi connectivity index (χ0) is 16.8. The van der Waals surface area contributed by atoms with Crippen LogP contribution in [0.5, 0.6) is 6.01 Å². The number of benzene rings is 1. The van der Waals surface area contributed by atoms with Crippen LogP contribution >= 0.6 is 11.6 Å². The van der Waals surface area contributed by atoms with Crippen molar-refractivity contribution in [1.82, 2.24) is 14.9 Å². The van der Waals surface area contributed by atoms with Crippen LogP contribution in [-0.2, 0) is 11.2 Å². The van der Waals surface area contributed by atoms with Gasteiger partial charge in [-0.25, -0.2) is 9.97 Å². The lowest BCUT2D eigenvalue weighted by molar-refractivity contribution is -0.133. The van der Waals surface area contributed by atoms with E-state index in [1.165, 1.54) is 0 Å². The van der Waals surface area contributed by atoms with Crippen molar-refractivity contribution in [1.29, 1.82) is 0 Å². The van der Waals surface area contributed by atoms with Gasteiger partial charge in [-0.1, -0.05) is 23.7 Å². The van der Waals surface area contributed by atoms with Crippen LogP contribution in [0.2, 0.25) is 5.02 Å². The molecule has 1 aliphatic rings. The van der Waals surface area contributed by atoms with Gasteiger partial charge < -0.3 is 9.64 Å². The van der Waals surface area contributed by atoms with Gasteiger partial charge in [0.15, 0.2) is 0 Å². The van der Waals surface area contributed by atoms with Crippen LogP contribution in [0.4, 0.5) is 0 Å². The summed E-state index contributed by atoms with van der Waals surface area (Å²) in [7, 11) is 0. The molecule has 1 aromatic carbocycles. The molecule has 0 N–H and O–H groups in total. The molecule has 1 aromatic heterocycles. The Hall–Kier alpha value is -2.14. The lowest BCUT2D eigenvalue weighted by atomic mass is 10.1. The van der Waals surface area contributed by atoms with Crippen LogP contribution in [0.15, 0.2) is 42.7 Å². The standard InChI is InChI=1S/C18H20ClN3O2/c19-15-5-1-4-14(12-15)7-8-17(23)22-11-2-6-16(13-22)24-18-20-9-3-10-21-18/h1,3-5,9-10,12,16H,2,6-8,11,13H2/t16-/m1/s1. The van der Waals surface area contributed by atoms with Crippen LogP contribution in [0.1, 0.15) is 24.8 Å². The zero-order valence-corrected chi connectivity index (χ0v) is 14.2. The summed E-state index contributed by atoms with van der Waals surface area (Å²) in [6.45, 7) is 1.37. The Kier molecular flexibility index (Phi) is 5.64. The van der Waals surface area contributed by atoms with E-state index < -0.39 is 0 Å². The second-order valence-corrected chi connectivity index (χ2v) is 6.32. The first-order valence-electron chi connectivity index (χ1n) is 8.16. The van der Waals surface area contributed by atoms with Gasteiger partial charge in [0.1, 0.15) is 6.10 Å². The molecule has 5 nitrogen and oxygen atoms in total. The maximum absolute atomic E-state index is 12.5. The van der Waals surface area contributed by atoms with E-state index >= 15 is 0 Å². The molecule has 1 fully saturated rings. The number of nitrogens with zero attached hydrogens (tertiary/aromatic N) is 3. The van der Waals surface area contributed by atoms with E-state index in [1.54, 1.807) is 18.5 Å². The van der Waals surface area contributed by atoms with Crippen molar-refractivity contribution in [3.63, 3.8) is 0 Å². The van der Waals surface area contributed by atoms with E-state index in [0.29, 0.717) is 30.4 Å². The molecular weight excluding hydrogens is 326 g/mol. The van der Waals surface area contributed by atoms with E-state index in [9.17, 15) is 4.79 Å². The van der Waals surface area contributed by atoms with Crippen molar-refractivity contribution in [3.05, 3.63) is 53.3 Å². The van der Waals surface area contributed by atoms with Crippen LogP contribution in [-0.4, -0.2) is 40.0 Å². The van der Waals surface area contributed by atoms with Crippen molar-refractivity contribution < 1.29 is 9.53 Å². The van der Waals surface area contributed by atoms with Gasteiger partial charge in [0.2, 0.25) is 5.91 Å². The number of hydrogen-bond donors (Lipinski definition) is 0. The van der Waals surface area contributed by atoms with E-state index in [-0.39, 0.29) is 12.0 Å². The summed E-state index contributed by atoms with van der Waals surface area (Å²) in [5.41, 5.74) is 1.08. The number of amides is 1. The van der Waals surface area contributed by atoms with Gasteiger partial charge in [0, 0.05) is 30.4 Å². The topological polar surface area (TPSA) is 55.3 Å². The van der Waals surface area contributed by atoms with Crippen LogP contribution in [0, 0.1) is 0 Å². The number of ether oxygens (including phenoxy) is 1. The minimum Gasteiger partial charge on any atom is -0.458 e. The summed E-state index contributed by atoms with van der Waals surface area (Å²) >= 11 is 5.98. The molecule has 126 valence electrons. The number of piperidine rings is 1. The average molecular weight is 346 g/mol. The molecule has 6 heteroatoms. The highest BCUT2D eigenvalue weighted by molar-refractivity contribution is 6.30. The lowest BCUT2D eigenvalue weighted by Crippen LogP contribution is -2.44. The highest BCUT2D eigenvalue weighted by atomic mass is 35.5. The van der Waals surface area contributed by atoms with Crippen LogP contribution in [0.25, 0.3) is 0 Å². The van der Waals surface area contributed by atoms with Crippen LogP contribution < -0.4 is 4.74 Å². The van der Waals surface area contributed by atoms with Gasteiger partial charge in [-0.05, 0) is 43.0 Å². The normalized spacial score (nSPS) is 17.5. The van der Waals surface area contributed by atoms with Crippen molar-refractivity contribution in [2.45, 2.75) is 31.8 Å². The number of halogens is 1. The number of rotatable bonds is 5. The fourth-order valence-corrected chi connectivity index (χ4v) is 3.07. The predicted octanol–water partition coefficient (Wildman–Crippen LogP) is 3.13. The van der Waals surface area contributed by atoms with E-state index in [0.717, 1.165) is 24.9 Å². The number of hydrogen-bond acceptors (Lipinski definition) is 4. The lowest BCUT2D eigenvalue weighted by Gasteiger charge is -2.32. The Balaban J connectivity index is 1.51. The quantitative estimate of drug-likeness (QED) is 0.835. The Labute approximate surface area is 146 Å². The molecule has 1 atom stereocenters. The molecule has 1 aliphatic heterocycles. The average Bonchev–Trinajstić information content (AvgIpc) is 2.61. The maximum atomic E-state index is 12.5. The summed E-state index contributed by atoms with van der Waals surface area (Å²) in [6, 6.07) is 9.77. The molecule has 2 heterocycles. The molecule has 0 spiro atoms. The van der Waals surface area contributed by atoms with Crippen molar-refractivity contribution in [2.24, 2.45) is 0 Å². The van der Waals surface area contributed by atoms with E-state index in [4.69, 9.17) is 16.3 Å². The summed E-state index contributed by atoms with van der Waals surface area (Å²) in [6.07, 6.45) is 6.28. The Morgan fingerprint density at radius 2 is 2.12 bits per heavy atom. The Morgan fingerprint density at radius 3 is 2.92 bits per heavy atom. The number of likely N-dealkylation sites (tertiary alicyclic amines) is 1. The number of aromatic nitrogens is 2. The monoisotopic (exact) mass is 345 g/mol. The first kappa shape index (κ1) is 16.7. The molecule has 1 saturated heterocycles. The highest BCUT2D eigenvalue weighted by Gasteiger charge is 2.25. The predicted molar refractivity (Wildman–Crippen MR) is 92.0 cm³/mol. The highest BCUT2D eigenvalue weighted by Crippen LogP contribution is 2.17. The zero-order valence-electron chi connectivity index (χ0n) is 13.4. The number of carbonyl (C=O) groups excluding carboxylic acids is 1. The first-order valence-corrected chi connectivity index (χ1v) is 8.54. The van der Waals surface area contributed by atoms with Gasteiger partial charge in [-0.3, -0.25) is 4.79 Å². The fraction of sp³-hybridized carbons (Fsp3) is 0.389. The SMILES string of the molecule is O=C(CCc1cccc(Cl)c1)N1CCC[C@@H](Oc2ncccn2)C1. The molecule has 0 bridgehead atoms. The molecular formula is C18H20ClN3O2. The third-order valence-electron chi connectivity index (χ3n) is 4.06. The molecule has 0 saturated carbocycles. The Bertz CT molecular complexity index is 681. The second-order valence-electron chi connectivity index (χ2n) is 5.88. The minimum atomic E-state index is -0.0451. The van der Waals surface area contributed by atoms with E-state index in [2.05, 4.69) is 9.97 Å². The first-order chi connectivity index (χ1) is 11.7. The van der Waals surface area contributed by atoms with Gasteiger partial charge in [0.05, 0.1) is 6.54 Å². The molecule has 0 radical (unpaired) electrons. The van der Waals surface area contributed by atoms with Crippen LogP contribution in [0.3, 0.4) is 0 Å². The summed E-state index contributed by atoms with van der Waals surface area (Å²) in [5.74, 6) is 0.150.